The lowest BCUT2D eigenvalue weighted by Gasteiger charge is -2.34. The molecule has 2 aromatic carbocycles. The number of fused-ring (bicyclic) bond motifs is 2. The van der Waals surface area contributed by atoms with Crippen molar-refractivity contribution in [2.24, 2.45) is 0 Å². The van der Waals surface area contributed by atoms with Crippen molar-refractivity contribution < 1.29 is 4.79 Å². The van der Waals surface area contributed by atoms with Crippen LogP contribution in [-0.4, -0.2) is 51.9 Å². The minimum atomic E-state index is -0.0777. The summed E-state index contributed by atoms with van der Waals surface area (Å²) in [6, 6.07) is 11.5. The average Bonchev–Trinajstić information content (AvgIpc) is 3.23. The second kappa shape index (κ2) is 7.24. The van der Waals surface area contributed by atoms with E-state index in [0.29, 0.717) is 18.8 Å². The van der Waals surface area contributed by atoms with Crippen molar-refractivity contribution in [1.82, 2.24) is 19.9 Å². The molecular weight excluding hydrogens is 406 g/mol. The first-order valence-electron chi connectivity index (χ1n) is 9.42. The number of carbonyl (C=O) groups is 1. The van der Waals surface area contributed by atoms with Gasteiger partial charge >= 0.3 is 0 Å². The van der Waals surface area contributed by atoms with E-state index < -0.39 is 0 Å². The summed E-state index contributed by atoms with van der Waals surface area (Å²) in [7, 11) is 0. The fourth-order valence-electron chi connectivity index (χ4n) is 3.55. The maximum absolute atomic E-state index is 12.9. The van der Waals surface area contributed by atoms with Gasteiger partial charge in [-0.3, -0.25) is 9.78 Å². The lowest BCUT2D eigenvalue weighted by atomic mass is 10.2. The van der Waals surface area contributed by atoms with Crippen molar-refractivity contribution in [3.8, 4) is 0 Å². The predicted molar refractivity (Wildman–Crippen MR) is 117 cm³/mol. The summed E-state index contributed by atoms with van der Waals surface area (Å²) < 4.78 is 1.02. The Morgan fingerprint density at radius 2 is 1.79 bits per heavy atom. The van der Waals surface area contributed by atoms with Gasteiger partial charge < -0.3 is 9.80 Å². The Labute approximate surface area is 176 Å². The molecule has 0 spiro atoms. The third-order valence-corrected chi connectivity index (χ3v) is 6.77. The van der Waals surface area contributed by atoms with Crippen molar-refractivity contribution in [3.63, 3.8) is 0 Å². The van der Waals surface area contributed by atoms with Crippen LogP contribution >= 0.6 is 22.9 Å². The molecule has 1 aliphatic heterocycles. The highest BCUT2D eigenvalue weighted by Crippen LogP contribution is 2.35. The molecule has 0 aliphatic carbocycles. The van der Waals surface area contributed by atoms with Gasteiger partial charge in [0.15, 0.2) is 5.13 Å². The number of anilines is 1. The lowest BCUT2D eigenvalue weighted by Crippen LogP contribution is -2.49. The van der Waals surface area contributed by atoms with E-state index >= 15 is 0 Å². The molecule has 29 heavy (non-hydrogen) atoms. The molecule has 1 saturated heterocycles. The SMILES string of the molecule is Cc1ccc(Cl)c2sc(N3CCN(C(=O)c4cnc5ccccc5n4)CC3)nc12. The maximum Gasteiger partial charge on any atom is 0.274 e. The van der Waals surface area contributed by atoms with Crippen LogP contribution in [0.1, 0.15) is 16.1 Å². The molecule has 3 heterocycles. The summed E-state index contributed by atoms with van der Waals surface area (Å²) in [4.78, 5) is 30.6. The zero-order valence-electron chi connectivity index (χ0n) is 15.8. The number of amides is 1. The van der Waals surface area contributed by atoms with Crippen LogP contribution in [0, 0.1) is 6.92 Å². The highest BCUT2D eigenvalue weighted by molar-refractivity contribution is 7.22. The molecule has 4 aromatic rings. The quantitative estimate of drug-likeness (QED) is 0.484. The molecule has 0 bridgehead atoms. The number of halogens is 1. The van der Waals surface area contributed by atoms with Gasteiger partial charge in [0.2, 0.25) is 0 Å². The molecule has 0 radical (unpaired) electrons. The Hall–Kier alpha value is -2.77. The number of hydrogen-bond acceptors (Lipinski definition) is 6. The number of benzene rings is 2. The van der Waals surface area contributed by atoms with Gasteiger partial charge in [0, 0.05) is 26.2 Å². The highest BCUT2D eigenvalue weighted by atomic mass is 35.5. The standard InChI is InChI=1S/C21H18ClN5OS/c1-13-6-7-14(22)19-18(13)25-21(29-19)27-10-8-26(9-11-27)20(28)17-12-23-15-4-2-3-5-16(15)24-17/h2-7,12H,8-11H2,1H3. The molecule has 6 nitrogen and oxygen atoms in total. The second-order valence-corrected chi connectivity index (χ2v) is 8.45. The van der Waals surface area contributed by atoms with E-state index in [0.717, 1.165) is 50.1 Å². The Kier molecular flexibility index (Phi) is 4.56. The number of hydrogen-bond donors (Lipinski definition) is 0. The second-order valence-electron chi connectivity index (χ2n) is 7.06. The van der Waals surface area contributed by atoms with E-state index in [1.165, 1.54) is 0 Å². The number of nitrogens with zero attached hydrogens (tertiary/aromatic N) is 5. The third kappa shape index (κ3) is 3.30. The molecule has 0 N–H and O–H groups in total. The first-order chi connectivity index (χ1) is 14.1. The molecule has 0 unspecified atom stereocenters. The van der Waals surface area contributed by atoms with Crippen LogP contribution in [0.3, 0.4) is 0 Å². The van der Waals surface area contributed by atoms with E-state index in [-0.39, 0.29) is 5.91 Å². The molecule has 1 aliphatic rings. The van der Waals surface area contributed by atoms with E-state index in [4.69, 9.17) is 16.6 Å². The molecular formula is C21H18ClN5OS. The normalized spacial score (nSPS) is 14.7. The third-order valence-electron chi connectivity index (χ3n) is 5.19. The monoisotopic (exact) mass is 423 g/mol. The van der Waals surface area contributed by atoms with Gasteiger partial charge in [-0.1, -0.05) is 41.1 Å². The maximum atomic E-state index is 12.9. The average molecular weight is 424 g/mol. The number of rotatable bonds is 2. The van der Waals surface area contributed by atoms with E-state index in [1.54, 1.807) is 17.5 Å². The molecule has 8 heteroatoms. The van der Waals surface area contributed by atoms with E-state index in [9.17, 15) is 4.79 Å². The van der Waals surface area contributed by atoms with Crippen LogP contribution in [0.2, 0.25) is 5.02 Å². The van der Waals surface area contributed by atoms with Gasteiger partial charge in [-0.25, -0.2) is 9.97 Å². The van der Waals surface area contributed by atoms with Gasteiger partial charge in [0.1, 0.15) is 5.69 Å². The largest absolute Gasteiger partial charge is 0.345 e. The number of carbonyl (C=O) groups excluding carboxylic acids is 1. The van der Waals surface area contributed by atoms with E-state index in [1.807, 2.05) is 48.2 Å². The molecule has 2 aromatic heterocycles. The van der Waals surface area contributed by atoms with E-state index in [2.05, 4.69) is 14.9 Å². The van der Waals surface area contributed by atoms with Crippen LogP contribution in [0.4, 0.5) is 5.13 Å². The van der Waals surface area contributed by atoms with Gasteiger partial charge in [-0.2, -0.15) is 0 Å². The van der Waals surface area contributed by atoms with Crippen LogP contribution in [0.25, 0.3) is 21.3 Å². The number of aromatic nitrogens is 3. The number of piperazine rings is 1. The Balaban J connectivity index is 1.32. The summed E-state index contributed by atoms with van der Waals surface area (Å²) in [5, 5.41) is 1.69. The van der Waals surface area contributed by atoms with Gasteiger partial charge in [0.25, 0.3) is 5.91 Å². The van der Waals surface area contributed by atoms with Crippen molar-refractivity contribution in [2.45, 2.75) is 6.92 Å². The van der Waals surface area contributed by atoms with Crippen LogP contribution in [-0.2, 0) is 0 Å². The smallest absolute Gasteiger partial charge is 0.274 e. The molecule has 1 amide bonds. The Morgan fingerprint density at radius 3 is 2.55 bits per heavy atom. The van der Waals surface area contributed by atoms with Gasteiger partial charge in [-0.15, -0.1) is 0 Å². The minimum Gasteiger partial charge on any atom is -0.345 e. The summed E-state index contributed by atoms with van der Waals surface area (Å²) in [6.07, 6.45) is 1.56. The zero-order chi connectivity index (χ0) is 20.0. The molecule has 1 fully saturated rings. The summed E-state index contributed by atoms with van der Waals surface area (Å²) in [5.74, 6) is -0.0777. The Bertz CT molecular complexity index is 1190. The first-order valence-corrected chi connectivity index (χ1v) is 10.6. The van der Waals surface area contributed by atoms with Crippen molar-refractivity contribution in [1.29, 1.82) is 0 Å². The first kappa shape index (κ1) is 18.3. The number of aryl methyl sites for hydroxylation is 1. The molecule has 0 atom stereocenters. The highest BCUT2D eigenvalue weighted by Gasteiger charge is 2.25. The minimum absolute atomic E-state index is 0.0777. The zero-order valence-corrected chi connectivity index (χ0v) is 17.4. The molecule has 146 valence electrons. The van der Waals surface area contributed by atoms with Crippen LogP contribution < -0.4 is 4.90 Å². The summed E-state index contributed by atoms with van der Waals surface area (Å²) >= 11 is 7.95. The van der Waals surface area contributed by atoms with Crippen LogP contribution in [0.5, 0.6) is 0 Å². The van der Waals surface area contributed by atoms with Gasteiger partial charge in [0.05, 0.1) is 32.5 Å². The van der Waals surface area contributed by atoms with Crippen molar-refractivity contribution in [2.75, 3.05) is 31.1 Å². The lowest BCUT2D eigenvalue weighted by molar-refractivity contribution is 0.0741. The predicted octanol–water partition coefficient (Wildman–Crippen LogP) is 4.16. The summed E-state index contributed by atoms with van der Waals surface area (Å²) in [5.41, 5.74) is 4.00. The summed E-state index contributed by atoms with van der Waals surface area (Å²) in [6.45, 7) is 4.74. The topological polar surface area (TPSA) is 62.2 Å². The van der Waals surface area contributed by atoms with Crippen molar-refractivity contribution >= 4 is 55.2 Å². The molecule has 0 saturated carbocycles. The fraction of sp³-hybridized carbons (Fsp3) is 0.238. The van der Waals surface area contributed by atoms with Crippen molar-refractivity contribution in [3.05, 3.63) is 58.9 Å². The number of thiazole rings is 1. The van der Waals surface area contributed by atoms with Crippen LogP contribution in [0.15, 0.2) is 42.6 Å². The number of para-hydroxylation sites is 2. The van der Waals surface area contributed by atoms with Gasteiger partial charge in [-0.05, 0) is 30.7 Å². The molecule has 5 rings (SSSR count). The fourth-order valence-corrected chi connectivity index (χ4v) is 4.92. The Morgan fingerprint density at radius 1 is 1.03 bits per heavy atom.